The maximum absolute atomic E-state index is 11.4. The van der Waals surface area contributed by atoms with Gasteiger partial charge < -0.3 is 5.32 Å². The van der Waals surface area contributed by atoms with Gasteiger partial charge in [0.15, 0.2) is 9.84 Å². The number of hydrogen-bond acceptors (Lipinski definition) is 3. The summed E-state index contributed by atoms with van der Waals surface area (Å²) in [6, 6.07) is 0. The second-order valence-electron chi connectivity index (χ2n) is 3.74. The number of nitrogens with one attached hydrogen (secondary N) is 1. The van der Waals surface area contributed by atoms with E-state index in [9.17, 15) is 8.42 Å². The Kier molecular flexibility index (Phi) is 6.74. The minimum absolute atomic E-state index is 0.143. The van der Waals surface area contributed by atoms with Gasteiger partial charge in [-0.05, 0) is 33.7 Å². The summed E-state index contributed by atoms with van der Waals surface area (Å²) < 4.78 is 22.7. The Hall–Kier alpha value is 0.200. The van der Waals surface area contributed by atoms with Crippen LogP contribution in [0.2, 0.25) is 0 Å². The molecule has 5 heteroatoms. The highest BCUT2D eigenvalue weighted by Gasteiger charge is 2.14. The van der Waals surface area contributed by atoms with Gasteiger partial charge in [-0.3, -0.25) is 0 Å². The summed E-state index contributed by atoms with van der Waals surface area (Å²) in [6.07, 6.45) is 0.864. The number of alkyl halides is 1. The highest BCUT2D eigenvalue weighted by Crippen LogP contribution is 2.00. The molecule has 3 nitrogen and oxygen atoms in total. The summed E-state index contributed by atoms with van der Waals surface area (Å²) in [4.78, 5) is 0. The molecule has 86 valence electrons. The minimum atomic E-state index is -2.89. The van der Waals surface area contributed by atoms with Crippen LogP contribution in [0.25, 0.3) is 0 Å². The van der Waals surface area contributed by atoms with Crippen LogP contribution < -0.4 is 5.32 Å². The zero-order valence-electron chi connectivity index (χ0n) is 9.09. The van der Waals surface area contributed by atoms with E-state index in [0.29, 0.717) is 6.54 Å². The van der Waals surface area contributed by atoms with Crippen molar-refractivity contribution in [1.29, 1.82) is 0 Å². The van der Waals surface area contributed by atoms with Crippen molar-refractivity contribution in [3.63, 3.8) is 0 Å². The summed E-state index contributed by atoms with van der Waals surface area (Å²) in [5.74, 6) is 0.210. The lowest BCUT2D eigenvalue weighted by Gasteiger charge is -2.08. The highest BCUT2D eigenvalue weighted by atomic mass is 35.5. The standard InChI is InChI=1S/C9H20ClNO2S/c1-8(2)14(12,13)7-6-11-5-4-9(3)10/h8-9,11H,4-7H2,1-3H3. The first-order valence-corrected chi connectivity index (χ1v) is 7.08. The lowest BCUT2D eigenvalue weighted by Crippen LogP contribution is -2.28. The Balaban J connectivity index is 3.55. The molecule has 0 bridgehead atoms. The SMILES string of the molecule is CC(Cl)CCNCCS(=O)(=O)C(C)C. The molecule has 0 spiro atoms. The average Bonchev–Trinajstić information content (AvgIpc) is 2.02. The Labute approximate surface area is 92.1 Å². The van der Waals surface area contributed by atoms with E-state index in [0.717, 1.165) is 13.0 Å². The van der Waals surface area contributed by atoms with Crippen molar-refractivity contribution in [2.24, 2.45) is 0 Å². The first-order chi connectivity index (χ1) is 6.36. The topological polar surface area (TPSA) is 46.2 Å². The molecule has 0 fully saturated rings. The maximum atomic E-state index is 11.4. The molecule has 0 amide bonds. The number of hydrogen-bond donors (Lipinski definition) is 1. The first kappa shape index (κ1) is 14.2. The highest BCUT2D eigenvalue weighted by molar-refractivity contribution is 7.92. The minimum Gasteiger partial charge on any atom is -0.316 e. The van der Waals surface area contributed by atoms with Crippen molar-refractivity contribution in [2.45, 2.75) is 37.8 Å². The van der Waals surface area contributed by atoms with Gasteiger partial charge in [0.25, 0.3) is 0 Å². The molecule has 1 N–H and O–H groups in total. The fourth-order valence-electron chi connectivity index (χ4n) is 0.876. The van der Waals surface area contributed by atoms with Crippen LogP contribution in [0.4, 0.5) is 0 Å². The van der Waals surface area contributed by atoms with Gasteiger partial charge in [-0.25, -0.2) is 8.42 Å². The van der Waals surface area contributed by atoms with E-state index in [1.165, 1.54) is 0 Å². The molecule has 0 saturated carbocycles. The fourth-order valence-corrected chi connectivity index (χ4v) is 1.89. The molecule has 14 heavy (non-hydrogen) atoms. The van der Waals surface area contributed by atoms with Crippen LogP contribution in [-0.2, 0) is 9.84 Å². The normalized spacial score (nSPS) is 14.6. The Bertz CT molecular complexity index is 237. The summed E-state index contributed by atoms with van der Waals surface area (Å²) in [6.45, 7) is 6.63. The van der Waals surface area contributed by atoms with E-state index in [-0.39, 0.29) is 16.4 Å². The molecule has 0 aliphatic heterocycles. The first-order valence-electron chi connectivity index (χ1n) is 4.92. The van der Waals surface area contributed by atoms with E-state index < -0.39 is 9.84 Å². The fraction of sp³-hybridized carbons (Fsp3) is 1.00. The summed E-state index contributed by atoms with van der Waals surface area (Å²) in [5, 5.41) is 2.93. The van der Waals surface area contributed by atoms with Gasteiger partial charge in [0.1, 0.15) is 0 Å². The van der Waals surface area contributed by atoms with E-state index in [1.54, 1.807) is 13.8 Å². The van der Waals surface area contributed by atoms with Gasteiger partial charge in [-0.2, -0.15) is 0 Å². The van der Waals surface area contributed by atoms with Gasteiger partial charge in [-0.15, -0.1) is 11.6 Å². The van der Waals surface area contributed by atoms with Crippen LogP contribution in [0.3, 0.4) is 0 Å². The maximum Gasteiger partial charge on any atom is 0.153 e. The van der Waals surface area contributed by atoms with Crippen molar-refractivity contribution >= 4 is 21.4 Å². The van der Waals surface area contributed by atoms with Crippen molar-refractivity contribution < 1.29 is 8.42 Å². The van der Waals surface area contributed by atoms with E-state index in [2.05, 4.69) is 5.32 Å². The van der Waals surface area contributed by atoms with Gasteiger partial charge in [0.2, 0.25) is 0 Å². The predicted octanol–water partition coefficient (Wildman–Crippen LogP) is 1.42. The lowest BCUT2D eigenvalue weighted by atomic mass is 10.3. The Morgan fingerprint density at radius 1 is 1.21 bits per heavy atom. The van der Waals surface area contributed by atoms with Crippen molar-refractivity contribution in [2.75, 3.05) is 18.8 Å². The summed E-state index contributed by atoms with van der Waals surface area (Å²) in [7, 11) is -2.89. The van der Waals surface area contributed by atoms with Crippen LogP contribution >= 0.6 is 11.6 Å². The third-order valence-electron chi connectivity index (χ3n) is 2.00. The van der Waals surface area contributed by atoms with Crippen molar-refractivity contribution in [1.82, 2.24) is 5.32 Å². The van der Waals surface area contributed by atoms with Crippen molar-refractivity contribution in [3.05, 3.63) is 0 Å². The average molecular weight is 242 g/mol. The molecule has 1 atom stereocenters. The Morgan fingerprint density at radius 3 is 2.21 bits per heavy atom. The smallest absolute Gasteiger partial charge is 0.153 e. The largest absolute Gasteiger partial charge is 0.316 e. The van der Waals surface area contributed by atoms with E-state index in [4.69, 9.17) is 11.6 Å². The predicted molar refractivity (Wildman–Crippen MR) is 61.7 cm³/mol. The van der Waals surface area contributed by atoms with Crippen LogP contribution in [0.5, 0.6) is 0 Å². The van der Waals surface area contributed by atoms with Gasteiger partial charge in [0, 0.05) is 11.9 Å². The van der Waals surface area contributed by atoms with Gasteiger partial charge in [0.05, 0.1) is 11.0 Å². The zero-order chi connectivity index (χ0) is 11.2. The van der Waals surface area contributed by atoms with Gasteiger partial charge >= 0.3 is 0 Å². The second-order valence-corrected chi connectivity index (χ2v) is 7.16. The molecule has 1 unspecified atom stereocenters. The third kappa shape index (κ3) is 6.62. The second kappa shape index (κ2) is 6.64. The molecule has 0 aromatic heterocycles. The number of halogens is 1. The number of rotatable bonds is 7. The molecule has 0 heterocycles. The molecule has 0 rings (SSSR count). The molecule has 0 saturated heterocycles. The molecule has 0 aliphatic rings. The molecule has 0 aromatic carbocycles. The number of sulfone groups is 1. The van der Waals surface area contributed by atoms with Gasteiger partial charge in [-0.1, -0.05) is 0 Å². The quantitative estimate of drug-likeness (QED) is 0.542. The van der Waals surface area contributed by atoms with Crippen LogP contribution in [0.1, 0.15) is 27.2 Å². The van der Waals surface area contributed by atoms with E-state index >= 15 is 0 Å². The monoisotopic (exact) mass is 241 g/mol. The van der Waals surface area contributed by atoms with Crippen LogP contribution in [0, 0.1) is 0 Å². The summed E-state index contributed by atoms with van der Waals surface area (Å²) >= 11 is 5.74. The van der Waals surface area contributed by atoms with Crippen molar-refractivity contribution in [3.8, 4) is 0 Å². The molecular formula is C9H20ClNO2S. The molecule has 0 aromatic rings. The summed E-state index contributed by atoms with van der Waals surface area (Å²) in [5.41, 5.74) is 0. The Morgan fingerprint density at radius 2 is 1.79 bits per heavy atom. The third-order valence-corrected chi connectivity index (χ3v) is 4.43. The molecule has 0 aliphatic carbocycles. The van der Waals surface area contributed by atoms with Crippen LogP contribution in [-0.4, -0.2) is 37.9 Å². The molecule has 0 radical (unpaired) electrons. The van der Waals surface area contributed by atoms with Crippen LogP contribution in [0.15, 0.2) is 0 Å². The lowest BCUT2D eigenvalue weighted by molar-refractivity contribution is 0.580. The molecular weight excluding hydrogens is 222 g/mol. The zero-order valence-corrected chi connectivity index (χ0v) is 10.7. The van der Waals surface area contributed by atoms with E-state index in [1.807, 2.05) is 6.92 Å².